The zero-order chi connectivity index (χ0) is 11.9. The van der Waals surface area contributed by atoms with E-state index >= 15 is 0 Å². The third-order valence-electron chi connectivity index (χ3n) is 4.46. The van der Waals surface area contributed by atoms with Crippen LogP contribution in [0.4, 0.5) is 0 Å². The van der Waals surface area contributed by atoms with Gasteiger partial charge in [-0.3, -0.25) is 0 Å². The molecule has 3 atom stereocenters. The molecule has 1 aliphatic heterocycles. The van der Waals surface area contributed by atoms with Gasteiger partial charge < -0.3 is 10.1 Å². The molecule has 2 aliphatic rings. The molecule has 0 spiro atoms. The Morgan fingerprint density at radius 1 is 1.12 bits per heavy atom. The molecule has 2 nitrogen and oxygen atoms in total. The van der Waals surface area contributed by atoms with Crippen molar-refractivity contribution >= 4 is 0 Å². The van der Waals surface area contributed by atoms with Crippen LogP contribution in [0.15, 0.2) is 0 Å². The fourth-order valence-corrected chi connectivity index (χ4v) is 3.40. The summed E-state index contributed by atoms with van der Waals surface area (Å²) in [6.45, 7) is 6.76. The lowest BCUT2D eigenvalue weighted by atomic mass is 9.81. The van der Waals surface area contributed by atoms with E-state index in [1.807, 2.05) is 0 Å². The van der Waals surface area contributed by atoms with E-state index in [0.29, 0.717) is 0 Å². The standard InChI is InChI=1S/C15H29NO/c1-13-4-2-5-14(10-13)7-8-16-11-15-6-3-9-17-12-15/h13-16H,2-12H2,1H3. The molecule has 2 fully saturated rings. The van der Waals surface area contributed by atoms with Gasteiger partial charge in [-0.2, -0.15) is 0 Å². The monoisotopic (exact) mass is 239 g/mol. The van der Waals surface area contributed by atoms with E-state index in [1.54, 1.807) is 0 Å². The molecule has 0 aromatic carbocycles. The molecule has 0 aromatic heterocycles. The van der Waals surface area contributed by atoms with E-state index in [4.69, 9.17) is 4.74 Å². The molecule has 2 heteroatoms. The van der Waals surface area contributed by atoms with Crippen molar-refractivity contribution in [2.24, 2.45) is 17.8 Å². The van der Waals surface area contributed by atoms with Gasteiger partial charge in [0.1, 0.15) is 0 Å². The summed E-state index contributed by atoms with van der Waals surface area (Å²) in [5.74, 6) is 2.74. The summed E-state index contributed by atoms with van der Waals surface area (Å²) in [5.41, 5.74) is 0. The molecule has 3 unspecified atom stereocenters. The fraction of sp³-hybridized carbons (Fsp3) is 1.00. The molecule has 1 saturated heterocycles. The maximum absolute atomic E-state index is 5.50. The molecule has 1 saturated carbocycles. The van der Waals surface area contributed by atoms with Gasteiger partial charge in [-0.25, -0.2) is 0 Å². The fourth-order valence-electron chi connectivity index (χ4n) is 3.40. The summed E-state index contributed by atoms with van der Waals surface area (Å²) in [6.07, 6.45) is 9.86. The largest absolute Gasteiger partial charge is 0.381 e. The van der Waals surface area contributed by atoms with Gasteiger partial charge >= 0.3 is 0 Å². The van der Waals surface area contributed by atoms with E-state index in [0.717, 1.165) is 31.0 Å². The minimum Gasteiger partial charge on any atom is -0.381 e. The van der Waals surface area contributed by atoms with Gasteiger partial charge in [0.15, 0.2) is 0 Å². The Hall–Kier alpha value is -0.0800. The predicted octanol–water partition coefficient (Wildman–Crippen LogP) is 3.22. The van der Waals surface area contributed by atoms with Crippen LogP contribution >= 0.6 is 0 Å². The summed E-state index contributed by atoms with van der Waals surface area (Å²) in [4.78, 5) is 0. The number of rotatable bonds is 5. The zero-order valence-corrected chi connectivity index (χ0v) is 11.4. The van der Waals surface area contributed by atoms with E-state index in [-0.39, 0.29) is 0 Å². The molecule has 1 N–H and O–H groups in total. The molecule has 0 bridgehead atoms. The Bertz CT molecular complexity index is 201. The van der Waals surface area contributed by atoms with E-state index in [9.17, 15) is 0 Å². The van der Waals surface area contributed by atoms with Gasteiger partial charge in [-0.05, 0) is 50.0 Å². The lowest BCUT2D eigenvalue weighted by Gasteiger charge is -2.27. The highest BCUT2D eigenvalue weighted by Crippen LogP contribution is 2.30. The first-order valence-electron chi connectivity index (χ1n) is 7.63. The number of ether oxygens (including phenoxy) is 1. The normalized spacial score (nSPS) is 34.8. The van der Waals surface area contributed by atoms with Crippen LogP contribution in [0.1, 0.15) is 51.9 Å². The van der Waals surface area contributed by atoms with Crippen LogP contribution in [-0.2, 0) is 4.74 Å². The lowest BCUT2D eigenvalue weighted by Crippen LogP contribution is -2.30. The average molecular weight is 239 g/mol. The highest BCUT2D eigenvalue weighted by molar-refractivity contribution is 4.72. The quantitative estimate of drug-likeness (QED) is 0.744. The summed E-state index contributed by atoms with van der Waals surface area (Å²) in [6, 6.07) is 0. The Morgan fingerprint density at radius 2 is 2.00 bits per heavy atom. The minimum atomic E-state index is 0.772. The Kier molecular flexibility index (Phi) is 5.79. The van der Waals surface area contributed by atoms with Crippen LogP contribution in [0, 0.1) is 17.8 Å². The van der Waals surface area contributed by atoms with Gasteiger partial charge in [0.25, 0.3) is 0 Å². The maximum Gasteiger partial charge on any atom is 0.0506 e. The summed E-state index contributed by atoms with van der Waals surface area (Å²) >= 11 is 0. The van der Waals surface area contributed by atoms with Gasteiger partial charge in [-0.15, -0.1) is 0 Å². The smallest absolute Gasteiger partial charge is 0.0506 e. The highest BCUT2D eigenvalue weighted by Gasteiger charge is 2.18. The molecular formula is C15H29NO. The Labute approximate surface area is 107 Å². The van der Waals surface area contributed by atoms with E-state index in [2.05, 4.69) is 12.2 Å². The second-order valence-corrected chi connectivity index (χ2v) is 6.21. The van der Waals surface area contributed by atoms with Crippen LogP contribution in [0.5, 0.6) is 0 Å². The first-order chi connectivity index (χ1) is 8.34. The molecule has 0 radical (unpaired) electrons. The molecular weight excluding hydrogens is 210 g/mol. The van der Waals surface area contributed by atoms with Crippen molar-refractivity contribution in [1.29, 1.82) is 0 Å². The third-order valence-corrected chi connectivity index (χ3v) is 4.46. The van der Waals surface area contributed by atoms with Crippen molar-refractivity contribution in [3.63, 3.8) is 0 Å². The van der Waals surface area contributed by atoms with Crippen molar-refractivity contribution in [3.8, 4) is 0 Å². The van der Waals surface area contributed by atoms with Crippen molar-refractivity contribution < 1.29 is 4.74 Å². The average Bonchev–Trinajstić information content (AvgIpc) is 2.36. The molecule has 0 aromatic rings. The van der Waals surface area contributed by atoms with Gasteiger partial charge in [0.2, 0.25) is 0 Å². The first kappa shape index (κ1) is 13.4. The summed E-state index contributed by atoms with van der Waals surface area (Å²) < 4.78 is 5.50. The predicted molar refractivity (Wildman–Crippen MR) is 72.2 cm³/mol. The second-order valence-electron chi connectivity index (χ2n) is 6.21. The Morgan fingerprint density at radius 3 is 2.76 bits per heavy atom. The zero-order valence-electron chi connectivity index (χ0n) is 11.4. The van der Waals surface area contributed by atoms with Crippen LogP contribution < -0.4 is 5.32 Å². The van der Waals surface area contributed by atoms with Crippen molar-refractivity contribution in [2.75, 3.05) is 26.3 Å². The summed E-state index contributed by atoms with van der Waals surface area (Å²) in [5, 5.41) is 3.64. The molecule has 1 heterocycles. The highest BCUT2D eigenvalue weighted by atomic mass is 16.5. The van der Waals surface area contributed by atoms with Crippen LogP contribution in [0.3, 0.4) is 0 Å². The molecule has 2 rings (SSSR count). The molecule has 1 aliphatic carbocycles. The van der Waals surface area contributed by atoms with Gasteiger partial charge in [-0.1, -0.05) is 26.2 Å². The van der Waals surface area contributed by atoms with Crippen LogP contribution in [0.2, 0.25) is 0 Å². The van der Waals surface area contributed by atoms with E-state index in [1.165, 1.54) is 58.0 Å². The van der Waals surface area contributed by atoms with Gasteiger partial charge in [0.05, 0.1) is 6.61 Å². The maximum atomic E-state index is 5.50. The molecule has 17 heavy (non-hydrogen) atoms. The molecule has 100 valence electrons. The number of hydrogen-bond acceptors (Lipinski definition) is 2. The van der Waals surface area contributed by atoms with E-state index < -0.39 is 0 Å². The van der Waals surface area contributed by atoms with Crippen molar-refractivity contribution in [1.82, 2.24) is 5.32 Å². The van der Waals surface area contributed by atoms with Crippen molar-refractivity contribution in [2.45, 2.75) is 51.9 Å². The summed E-state index contributed by atoms with van der Waals surface area (Å²) in [7, 11) is 0. The van der Waals surface area contributed by atoms with Gasteiger partial charge in [0, 0.05) is 13.2 Å². The second kappa shape index (κ2) is 7.38. The first-order valence-corrected chi connectivity index (χ1v) is 7.63. The van der Waals surface area contributed by atoms with Crippen LogP contribution in [-0.4, -0.2) is 26.3 Å². The number of hydrogen-bond donors (Lipinski definition) is 1. The minimum absolute atomic E-state index is 0.772. The SMILES string of the molecule is CC1CCCC(CCNCC2CCCOC2)C1. The van der Waals surface area contributed by atoms with Crippen molar-refractivity contribution in [3.05, 3.63) is 0 Å². The lowest BCUT2D eigenvalue weighted by molar-refractivity contribution is 0.0547. The van der Waals surface area contributed by atoms with Crippen LogP contribution in [0.25, 0.3) is 0 Å². The Balaban J connectivity index is 1.50. The topological polar surface area (TPSA) is 21.3 Å². The molecule has 0 amide bonds. The third kappa shape index (κ3) is 4.97. The number of nitrogens with one attached hydrogen (secondary N) is 1.